The molecule has 1 N–H and O–H groups in total. The van der Waals surface area contributed by atoms with E-state index in [0.29, 0.717) is 28.9 Å². The molecule has 0 saturated heterocycles. The third kappa shape index (κ3) is 5.85. The Hall–Kier alpha value is -1.80. The van der Waals surface area contributed by atoms with Gasteiger partial charge in [-0.1, -0.05) is 49.2 Å². The number of carbonyl (C=O) groups excluding carboxylic acids is 1. The van der Waals surface area contributed by atoms with E-state index in [-0.39, 0.29) is 24.0 Å². The minimum absolute atomic E-state index is 0.174. The number of nitrogens with one attached hydrogen (secondary N) is 1. The fraction of sp³-hybridized carbons (Fsp3) is 0.316. The molecule has 0 bridgehead atoms. The van der Waals surface area contributed by atoms with Gasteiger partial charge in [-0.3, -0.25) is 4.79 Å². The van der Waals surface area contributed by atoms with Gasteiger partial charge in [0.2, 0.25) is 10.0 Å². The molecule has 2 aromatic rings. The topological polar surface area (TPSA) is 75.7 Å². The zero-order valence-electron chi connectivity index (χ0n) is 15.6. The minimum atomic E-state index is -3.49. The molecule has 0 spiro atoms. The van der Waals surface area contributed by atoms with Crippen molar-refractivity contribution in [1.82, 2.24) is 9.62 Å². The lowest BCUT2D eigenvalue weighted by Gasteiger charge is -2.18. The second kappa shape index (κ2) is 10.1. The van der Waals surface area contributed by atoms with Crippen LogP contribution >= 0.6 is 23.2 Å². The van der Waals surface area contributed by atoms with Crippen LogP contribution in [-0.4, -0.2) is 38.3 Å². The van der Waals surface area contributed by atoms with Gasteiger partial charge in [-0.2, -0.15) is 4.31 Å². The molecule has 0 unspecified atom stereocenters. The molecule has 152 valence electrons. The van der Waals surface area contributed by atoms with Crippen LogP contribution in [0.3, 0.4) is 0 Å². The molecule has 0 aliphatic carbocycles. The van der Waals surface area contributed by atoms with Gasteiger partial charge in [0.25, 0.3) is 5.91 Å². The summed E-state index contributed by atoms with van der Waals surface area (Å²) in [4.78, 5) is 12.2. The van der Waals surface area contributed by atoms with E-state index in [4.69, 9.17) is 27.9 Å². The molecule has 0 aliphatic rings. The number of hydrogen-bond acceptors (Lipinski definition) is 4. The summed E-state index contributed by atoms with van der Waals surface area (Å²) in [5.41, 5.74) is 0.779. The molecular weight excluding hydrogens is 423 g/mol. The largest absolute Gasteiger partial charge is 0.484 e. The lowest BCUT2D eigenvalue weighted by atomic mass is 10.2. The summed E-state index contributed by atoms with van der Waals surface area (Å²) >= 11 is 11.7. The number of hydrogen-bond donors (Lipinski definition) is 1. The van der Waals surface area contributed by atoms with Crippen LogP contribution in [-0.2, 0) is 21.4 Å². The predicted octanol–water partition coefficient (Wildman–Crippen LogP) is 3.72. The summed E-state index contributed by atoms with van der Waals surface area (Å²) < 4.78 is 31.7. The normalized spacial score (nSPS) is 11.5. The highest BCUT2D eigenvalue weighted by molar-refractivity contribution is 7.89. The Kier molecular flexibility index (Phi) is 8.12. The van der Waals surface area contributed by atoms with Gasteiger partial charge in [0.15, 0.2) is 6.61 Å². The van der Waals surface area contributed by atoms with Gasteiger partial charge in [0.05, 0.1) is 14.9 Å². The molecule has 6 nitrogen and oxygen atoms in total. The van der Waals surface area contributed by atoms with Crippen LogP contribution in [0.15, 0.2) is 47.4 Å². The number of halogens is 2. The lowest BCUT2D eigenvalue weighted by molar-refractivity contribution is -0.123. The monoisotopic (exact) mass is 444 g/mol. The SMILES string of the molecule is CCN(CC)S(=O)(=O)c1ccc(CNC(=O)COc2ccc(Cl)c(Cl)c2)cc1. The maximum Gasteiger partial charge on any atom is 0.258 e. The Labute approximate surface area is 175 Å². The quantitative estimate of drug-likeness (QED) is 0.639. The first kappa shape index (κ1) is 22.5. The first-order valence-corrected chi connectivity index (χ1v) is 10.9. The number of ether oxygens (including phenoxy) is 1. The fourth-order valence-corrected chi connectivity index (χ4v) is 4.21. The van der Waals surface area contributed by atoms with Crippen LogP contribution in [0.5, 0.6) is 5.75 Å². The summed E-state index contributed by atoms with van der Waals surface area (Å²) in [5.74, 6) is 0.126. The van der Waals surface area contributed by atoms with Crippen molar-refractivity contribution in [2.75, 3.05) is 19.7 Å². The van der Waals surface area contributed by atoms with Gasteiger partial charge in [-0.15, -0.1) is 0 Å². The van der Waals surface area contributed by atoms with Crippen LogP contribution < -0.4 is 10.1 Å². The van der Waals surface area contributed by atoms with E-state index < -0.39 is 10.0 Å². The molecule has 1 amide bonds. The average molecular weight is 445 g/mol. The molecule has 0 saturated carbocycles. The predicted molar refractivity (Wildman–Crippen MR) is 110 cm³/mol. The van der Waals surface area contributed by atoms with Gasteiger partial charge < -0.3 is 10.1 Å². The summed E-state index contributed by atoms with van der Waals surface area (Å²) in [6.45, 7) is 4.50. The van der Waals surface area contributed by atoms with Crippen molar-refractivity contribution in [3.63, 3.8) is 0 Å². The van der Waals surface area contributed by atoms with Gasteiger partial charge in [0, 0.05) is 25.7 Å². The summed E-state index contributed by atoms with van der Waals surface area (Å²) in [7, 11) is -3.49. The smallest absolute Gasteiger partial charge is 0.258 e. The molecule has 0 atom stereocenters. The summed E-state index contributed by atoms with van der Waals surface area (Å²) in [5, 5.41) is 3.47. The van der Waals surface area contributed by atoms with E-state index in [9.17, 15) is 13.2 Å². The van der Waals surface area contributed by atoms with Crippen molar-refractivity contribution in [3.8, 4) is 5.75 Å². The highest BCUT2D eigenvalue weighted by Gasteiger charge is 2.21. The van der Waals surface area contributed by atoms with Crippen LogP contribution in [0.4, 0.5) is 0 Å². The Morgan fingerprint density at radius 2 is 1.68 bits per heavy atom. The van der Waals surface area contributed by atoms with E-state index in [1.807, 2.05) is 0 Å². The average Bonchev–Trinajstić information content (AvgIpc) is 2.68. The number of sulfonamides is 1. The van der Waals surface area contributed by atoms with E-state index in [1.54, 1.807) is 50.2 Å². The number of carbonyl (C=O) groups is 1. The molecule has 0 aromatic heterocycles. The molecule has 2 rings (SSSR count). The first-order chi connectivity index (χ1) is 13.3. The number of benzene rings is 2. The number of rotatable bonds is 9. The zero-order chi connectivity index (χ0) is 20.7. The molecule has 28 heavy (non-hydrogen) atoms. The van der Waals surface area contributed by atoms with Crippen LogP contribution in [0.1, 0.15) is 19.4 Å². The van der Waals surface area contributed by atoms with E-state index >= 15 is 0 Å². The molecule has 0 aliphatic heterocycles. The van der Waals surface area contributed by atoms with Gasteiger partial charge in [-0.05, 0) is 29.8 Å². The van der Waals surface area contributed by atoms with Crippen molar-refractivity contribution >= 4 is 39.1 Å². The molecule has 9 heteroatoms. The highest BCUT2D eigenvalue weighted by Crippen LogP contribution is 2.26. The Balaban J connectivity index is 1.88. The fourth-order valence-electron chi connectivity index (χ4n) is 2.46. The molecular formula is C19H22Cl2N2O4S. The third-order valence-corrected chi connectivity index (χ3v) is 6.82. The van der Waals surface area contributed by atoms with Crippen LogP contribution in [0, 0.1) is 0 Å². The second-order valence-corrected chi connectivity index (χ2v) is 8.63. The van der Waals surface area contributed by atoms with Crippen molar-refractivity contribution in [1.29, 1.82) is 0 Å². The third-order valence-electron chi connectivity index (χ3n) is 4.02. The molecule has 0 radical (unpaired) electrons. The van der Waals surface area contributed by atoms with Gasteiger partial charge >= 0.3 is 0 Å². The standard InChI is InChI=1S/C19H22Cl2N2O4S/c1-3-23(4-2)28(25,26)16-8-5-14(6-9-16)12-22-19(24)13-27-15-7-10-17(20)18(21)11-15/h5-11H,3-4,12-13H2,1-2H3,(H,22,24). The molecule has 0 heterocycles. The maximum absolute atomic E-state index is 12.5. The number of nitrogens with zero attached hydrogens (tertiary/aromatic N) is 1. The molecule has 2 aromatic carbocycles. The summed E-state index contributed by atoms with van der Waals surface area (Å²) in [6, 6.07) is 11.2. The van der Waals surface area contributed by atoms with Crippen molar-refractivity contribution < 1.29 is 17.9 Å². The molecule has 0 fully saturated rings. The highest BCUT2D eigenvalue weighted by atomic mass is 35.5. The lowest BCUT2D eigenvalue weighted by Crippen LogP contribution is -2.30. The van der Waals surface area contributed by atoms with Gasteiger partial charge in [-0.25, -0.2) is 8.42 Å². The van der Waals surface area contributed by atoms with Crippen LogP contribution in [0.25, 0.3) is 0 Å². The van der Waals surface area contributed by atoms with Gasteiger partial charge in [0.1, 0.15) is 5.75 Å². The van der Waals surface area contributed by atoms with Crippen LogP contribution in [0.2, 0.25) is 10.0 Å². The first-order valence-electron chi connectivity index (χ1n) is 8.71. The van der Waals surface area contributed by atoms with E-state index in [0.717, 1.165) is 5.56 Å². The Morgan fingerprint density at radius 3 is 2.25 bits per heavy atom. The number of amides is 1. The Bertz CT molecular complexity index is 914. The summed E-state index contributed by atoms with van der Waals surface area (Å²) in [6.07, 6.45) is 0. The van der Waals surface area contributed by atoms with Crippen molar-refractivity contribution in [2.24, 2.45) is 0 Å². The minimum Gasteiger partial charge on any atom is -0.484 e. The Morgan fingerprint density at radius 1 is 1.04 bits per heavy atom. The second-order valence-electron chi connectivity index (χ2n) is 5.87. The van der Waals surface area contributed by atoms with E-state index in [2.05, 4.69) is 5.32 Å². The van der Waals surface area contributed by atoms with E-state index in [1.165, 1.54) is 10.4 Å². The van der Waals surface area contributed by atoms with Crippen molar-refractivity contribution in [3.05, 3.63) is 58.1 Å². The zero-order valence-corrected chi connectivity index (χ0v) is 17.9. The maximum atomic E-state index is 12.5. The van der Waals surface area contributed by atoms with Crippen molar-refractivity contribution in [2.45, 2.75) is 25.3 Å².